The van der Waals surface area contributed by atoms with Gasteiger partial charge in [0, 0.05) is 0 Å². The van der Waals surface area contributed by atoms with Gasteiger partial charge in [0.2, 0.25) is 0 Å². The Morgan fingerprint density at radius 2 is 2.38 bits per heavy atom. The van der Waals surface area contributed by atoms with Crippen molar-refractivity contribution < 1.29 is 4.74 Å². The van der Waals surface area contributed by atoms with Crippen molar-refractivity contribution in [2.75, 3.05) is 0 Å². The van der Waals surface area contributed by atoms with E-state index in [0.717, 1.165) is 0 Å². The summed E-state index contributed by atoms with van der Waals surface area (Å²) in [4.78, 5) is 0. The molecule has 2 fully saturated rings. The Morgan fingerprint density at radius 1 is 1.50 bits per heavy atom. The molecule has 0 bridgehead atoms. The van der Waals surface area contributed by atoms with Gasteiger partial charge in [0.05, 0.1) is 11.7 Å². The third-order valence-electron chi connectivity index (χ3n) is 2.42. The number of rotatable bonds is 0. The maximum absolute atomic E-state index is 5.47. The summed E-state index contributed by atoms with van der Waals surface area (Å²) in [5, 5.41) is 0. The van der Waals surface area contributed by atoms with Crippen LogP contribution in [0.15, 0.2) is 0 Å². The molecule has 0 amide bonds. The molecule has 1 saturated carbocycles. The van der Waals surface area contributed by atoms with Gasteiger partial charge in [-0.2, -0.15) is 0 Å². The molecule has 2 unspecified atom stereocenters. The van der Waals surface area contributed by atoms with Crippen LogP contribution in [0.1, 0.15) is 32.6 Å². The van der Waals surface area contributed by atoms with Gasteiger partial charge < -0.3 is 4.74 Å². The van der Waals surface area contributed by atoms with E-state index >= 15 is 0 Å². The van der Waals surface area contributed by atoms with E-state index in [0.29, 0.717) is 11.7 Å². The van der Waals surface area contributed by atoms with Crippen LogP contribution in [0.5, 0.6) is 0 Å². The zero-order valence-electron chi connectivity index (χ0n) is 5.31. The minimum atomic E-state index is 0.345. The molecule has 0 radical (unpaired) electrons. The lowest BCUT2D eigenvalue weighted by atomic mass is 9.91. The second-order valence-corrected chi connectivity index (χ2v) is 3.16. The van der Waals surface area contributed by atoms with Gasteiger partial charge in [-0.25, -0.2) is 0 Å². The molecule has 1 heteroatoms. The standard InChI is InChI=1S/C7H12O/c1-7-5-3-2-4-6(7)8-7/h6H,2-5H2,1H3. The fraction of sp³-hybridized carbons (Fsp3) is 1.00. The highest BCUT2D eigenvalue weighted by molar-refractivity contribution is 5.01. The van der Waals surface area contributed by atoms with Crippen LogP contribution in [0.3, 0.4) is 0 Å². The molecule has 2 rings (SSSR count). The smallest absolute Gasteiger partial charge is 0.0920 e. The molecule has 0 spiro atoms. The number of epoxide rings is 1. The lowest BCUT2D eigenvalue weighted by Crippen LogP contribution is -2.13. The molecule has 2 atom stereocenters. The molecule has 1 saturated heterocycles. The van der Waals surface area contributed by atoms with Crippen LogP contribution in [-0.2, 0) is 4.74 Å². The molecule has 1 heterocycles. The van der Waals surface area contributed by atoms with Gasteiger partial charge in [-0.05, 0) is 19.8 Å². The summed E-state index contributed by atoms with van der Waals surface area (Å²) in [6, 6.07) is 0. The lowest BCUT2D eigenvalue weighted by Gasteiger charge is -2.09. The van der Waals surface area contributed by atoms with Gasteiger partial charge in [0.15, 0.2) is 0 Å². The summed E-state index contributed by atoms with van der Waals surface area (Å²) in [5.74, 6) is 0. The van der Waals surface area contributed by atoms with Crippen LogP contribution in [0.2, 0.25) is 0 Å². The number of hydrogen-bond acceptors (Lipinski definition) is 1. The zero-order valence-corrected chi connectivity index (χ0v) is 5.31. The predicted molar refractivity (Wildman–Crippen MR) is 31.7 cm³/mol. The van der Waals surface area contributed by atoms with Crippen LogP contribution >= 0.6 is 0 Å². The van der Waals surface area contributed by atoms with E-state index in [1.807, 2.05) is 0 Å². The Bertz CT molecular complexity index is 109. The van der Waals surface area contributed by atoms with Crippen molar-refractivity contribution >= 4 is 0 Å². The summed E-state index contributed by atoms with van der Waals surface area (Å²) in [7, 11) is 0. The molecule has 8 heavy (non-hydrogen) atoms. The molecule has 46 valence electrons. The number of hydrogen-bond donors (Lipinski definition) is 0. The highest BCUT2D eigenvalue weighted by atomic mass is 16.6. The Balaban J connectivity index is 2.04. The highest BCUT2D eigenvalue weighted by Gasteiger charge is 2.52. The fourth-order valence-corrected chi connectivity index (χ4v) is 1.68. The first-order chi connectivity index (χ1) is 3.81. The molecule has 0 aromatic rings. The fourth-order valence-electron chi connectivity index (χ4n) is 1.68. The molecule has 1 nitrogen and oxygen atoms in total. The second-order valence-electron chi connectivity index (χ2n) is 3.16. The third kappa shape index (κ3) is 0.510. The van der Waals surface area contributed by atoms with E-state index in [1.165, 1.54) is 25.7 Å². The van der Waals surface area contributed by atoms with Crippen molar-refractivity contribution in [1.29, 1.82) is 0 Å². The van der Waals surface area contributed by atoms with E-state index in [1.54, 1.807) is 0 Å². The van der Waals surface area contributed by atoms with E-state index < -0.39 is 0 Å². The monoisotopic (exact) mass is 112 g/mol. The van der Waals surface area contributed by atoms with Crippen molar-refractivity contribution in [3.8, 4) is 0 Å². The Kier molecular flexibility index (Phi) is 0.762. The number of fused-ring (bicyclic) bond motifs is 1. The van der Waals surface area contributed by atoms with Crippen molar-refractivity contribution in [1.82, 2.24) is 0 Å². The topological polar surface area (TPSA) is 12.5 Å². The number of ether oxygens (including phenoxy) is 1. The Morgan fingerprint density at radius 3 is 2.88 bits per heavy atom. The zero-order chi connectivity index (χ0) is 5.61. The third-order valence-corrected chi connectivity index (χ3v) is 2.42. The van der Waals surface area contributed by atoms with Crippen molar-refractivity contribution in [2.45, 2.75) is 44.3 Å². The second kappa shape index (κ2) is 1.27. The summed E-state index contributed by atoms with van der Waals surface area (Å²) in [5.41, 5.74) is 0.345. The van der Waals surface area contributed by atoms with E-state index in [9.17, 15) is 0 Å². The van der Waals surface area contributed by atoms with Crippen LogP contribution in [-0.4, -0.2) is 11.7 Å². The molecule has 1 aliphatic heterocycles. The minimum Gasteiger partial charge on any atom is -0.366 e. The van der Waals surface area contributed by atoms with E-state index in [2.05, 4.69) is 6.92 Å². The quantitative estimate of drug-likeness (QED) is 0.435. The van der Waals surface area contributed by atoms with Crippen LogP contribution in [0.25, 0.3) is 0 Å². The van der Waals surface area contributed by atoms with Gasteiger partial charge in [-0.3, -0.25) is 0 Å². The maximum atomic E-state index is 5.47. The van der Waals surface area contributed by atoms with Crippen LogP contribution in [0, 0.1) is 0 Å². The Labute approximate surface area is 50.0 Å². The maximum Gasteiger partial charge on any atom is 0.0920 e. The normalized spacial score (nSPS) is 52.9. The Hall–Kier alpha value is -0.0400. The highest BCUT2D eigenvalue weighted by Crippen LogP contribution is 2.46. The van der Waals surface area contributed by atoms with Crippen LogP contribution in [0.4, 0.5) is 0 Å². The average molecular weight is 112 g/mol. The van der Waals surface area contributed by atoms with Crippen molar-refractivity contribution in [3.63, 3.8) is 0 Å². The minimum absolute atomic E-state index is 0.345. The summed E-state index contributed by atoms with van der Waals surface area (Å²) in [6.07, 6.45) is 6.04. The predicted octanol–water partition coefficient (Wildman–Crippen LogP) is 1.72. The van der Waals surface area contributed by atoms with Crippen molar-refractivity contribution in [3.05, 3.63) is 0 Å². The first-order valence-electron chi connectivity index (χ1n) is 3.49. The lowest BCUT2D eigenvalue weighted by molar-refractivity contribution is 0.304. The SMILES string of the molecule is CC12CCCCC1O2. The van der Waals surface area contributed by atoms with Gasteiger partial charge in [0.25, 0.3) is 0 Å². The average Bonchev–Trinajstić information content (AvgIpc) is 2.39. The van der Waals surface area contributed by atoms with Crippen LogP contribution < -0.4 is 0 Å². The summed E-state index contributed by atoms with van der Waals surface area (Å²) in [6.45, 7) is 2.23. The molecular formula is C7H12O. The largest absolute Gasteiger partial charge is 0.366 e. The summed E-state index contributed by atoms with van der Waals surface area (Å²) < 4.78 is 5.47. The molecule has 0 aromatic carbocycles. The van der Waals surface area contributed by atoms with Gasteiger partial charge in [-0.15, -0.1) is 0 Å². The first-order valence-corrected chi connectivity index (χ1v) is 3.49. The molecule has 2 aliphatic rings. The molecule has 0 aromatic heterocycles. The molecule has 1 aliphatic carbocycles. The van der Waals surface area contributed by atoms with Gasteiger partial charge in [-0.1, -0.05) is 12.8 Å². The molecular weight excluding hydrogens is 100 g/mol. The van der Waals surface area contributed by atoms with Gasteiger partial charge in [0.1, 0.15) is 0 Å². The van der Waals surface area contributed by atoms with Gasteiger partial charge >= 0.3 is 0 Å². The first kappa shape index (κ1) is 4.80. The molecule has 0 N–H and O–H groups in total. The van der Waals surface area contributed by atoms with E-state index in [4.69, 9.17) is 4.74 Å². The summed E-state index contributed by atoms with van der Waals surface area (Å²) >= 11 is 0. The van der Waals surface area contributed by atoms with Crippen molar-refractivity contribution in [2.24, 2.45) is 0 Å². The van der Waals surface area contributed by atoms with E-state index in [-0.39, 0.29) is 0 Å².